The van der Waals surface area contributed by atoms with Crippen LogP contribution in [0.15, 0.2) is 24.3 Å². The summed E-state index contributed by atoms with van der Waals surface area (Å²) in [7, 11) is 0. The second-order valence-corrected chi connectivity index (χ2v) is 4.69. The van der Waals surface area contributed by atoms with E-state index in [9.17, 15) is 10.1 Å². The fraction of sp³-hybridized carbons (Fsp3) is 0.538. The van der Waals surface area contributed by atoms with Crippen molar-refractivity contribution in [2.24, 2.45) is 5.92 Å². The molecule has 0 amide bonds. The van der Waals surface area contributed by atoms with Gasteiger partial charge < -0.3 is 10.1 Å². The average molecular weight is 250 g/mol. The van der Waals surface area contributed by atoms with Gasteiger partial charge in [-0.2, -0.15) is 0 Å². The Hall–Kier alpha value is -1.62. The summed E-state index contributed by atoms with van der Waals surface area (Å²) in [5.41, 5.74) is 0.933. The number of anilines is 1. The van der Waals surface area contributed by atoms with Crippen molar-refractivity contribution < 1.29 is 9.66 Å². The molecule has 0 saturated carbocycles. The summed E-state index contributed by atoms with van der Waals surface area (Å²) in [5, 5.41) is 14.0. The van der Waals surface area contributed by atoms with Gasteiger partial charge in [0.15, 0.2) is 0 Å². The van der Waals surface area contributed by atoms with Gasteiger partial charge in [0.2, 0.25) is 0 Å². The molecular weight excluding hydrogens is 232 g/mol. The molecule has 1 aromatic carbocycles. The molecule has 0 radical (unpaired) electrons. The number of hydrogen-bond donors (Lipinski definition) is 1. The Labute approximate surface area is 106 Å². The Bertz CT molecular complexity index is 416. The lowest BCUT2D eigenvalue weighted by Crippen LogP contribution is -2.30. The molecule has 0 aliphatic carbocycles. The molecule has 98 valence electrons. The minimum Gasteiger partial charge on any atom is -0.382 e. The van der Waals surface area contributed by atoms with Crippen LogP contribution in [0.25, 0.3) is 0 Å². The first-order valence-electron chi connectivity index (χ1n) is 6.25. The molecule has 1 aliphatic heterocycles. The van der Waals surface area contributed by atoms with Crippen LogP contribution in [-0.2, 0) is 4.74 Å². The number of nitro groups is 1. The van der Waals surface area contributed by atoms with Gasteiger partial charge in [-0.15, -0.1) is 0 Å². The molecule has 0 spiro atoms. The summed E-state index contributed by atoms with van der Waals surface area (Å²) in [6.07, 6.45) is 2.09. The standard InChI is InChI=1S/C13H18N2O3/c1-10(11-5-7-18-8-6-11)14-12-3-2-4-13(9-12)15(16)17/h2-4,9-11,14H,5-8H2,1H3. The molecular formula is C13H18N2O3. The number of nitrogens with zero attached hydrogens (tertiary/aromatic N) is 1. The van der Waals surface area contributed by atoms with E-state index in [1.165, 1.54) is 6.07 Å². The maximum Gasteiger partial charge on any atom is 0.271 e. The Morgan fingerprint density at radius 1 is 1.44 bits per heavy atom. The van der Waals surface area contributed by atoms with Crippen molar-refractivity contribution in [3.8, 4) is 0 Å². The molecule has 5 nitrogen and oxygen atoms in total. The van der Waals surface area contributed by atoms with Crippen LogP contribution in [0.2, 0.25) is 0 Å². The molecule has 1 saturated heterocycles. The molecule has 1 atom stereocenters. The fourth-order valence-electron chi connectivity index (χ4n) is 2.31. The molecule has 5 heteroatoms. The van der Waals surface area contributed by atoms with E-state index < -0.39 is 0 Å². The largest absolute Gasteiger partial charge is 0.382 e. The van der Waals surface area contributed by atoms with E-state index in [1.54, 1.807) is 12.1 Å². The number of non-ortho nitro benzene ring substituents is 1. The van der Waals surface area contributed by atoms with E-state index in [0.717, 1.165) is 31.7 Å². The van der Waals surface area contributed by atoms with Gasteiger partial charge in [-0.25, -0.2) is 0 Å². The smallest absolute Gasteiger partial charge is 0.271 e. The molecule has 0 aromatic heterocycles. The van der Waals surface area contributed by atoms with Gasteiger partial charge in [0.05, 0.1) is 4.92 Å². The summed E-state index contributed by atoms with van der Waals surface area (Å²) in [6, 6.07) is 6.95. The monoisotopic (exact) mass is 250 g/mol. The van der Waals surface area contributed by atoms with Gasteiger partial charge >= 0.3 is 0 Å². The molecule has 1 aliphatic rings. The Balaban J connectivity index is 1.99. The number of hydrogen-bond acceptors (Lipinski definition) is 4. The Morgan fingerprint density at radius 2 is 2.17 bits per heavy atom. The SMILES string of the molecule is CC(Nc1cccc([N+](=O)[O-])c1)C1CCOCC1. The Kier molecular flexibility index (Phi) is 4.15. The predicted octanol–water partition coefficient (Wildman–Crippen LogP) is 2.82. The normalized spacial score (nSPS) is 18.3. The van der Waals surface area contributed by atoms with Crippen molar-refractivity contribution in [1.29, 1.82) is 0 Å². The second-order valence-electron chi connectivity index (χ2n) is 4.69. The van der Waals surface area contributed by atoms with Crippen molar-refractivity contribution in [3.63, 3.8) is 0 Å². The number of nitrogens with one attached hydrogen (secondary N) is 1. The number of nitro benzene ring substituents is 1. The molecule has 1 N–H and O–H groups in total. The summed E-state index contributed by atoms with van der Waals surface area (Å²) < 4.78 is 5.33. The first-order chi connectivity index (χ1) is 8.66. The minimum absolute atomic E-state index is 0.124. The highest BCUT2D eigenvalue weighted by molar-refractivity contribution is 5.51. The van der Waals surface area contributed by atoms with Crippen LogP contribution in [0, 0.1) is 16.0 Å². The number of rotatable bonds is 4. The van der Waals surface area contributed by atoms with Crippen molar-refractivity contribution in [1.82, 2.24) is 0 Å². The highest BCUT2D eigenvalue weighted by atomic mass is 16.6. The van der Waals surface area contributed by atoms with Gasteiger partial charge in [-0.05, 0) is 31.7 Å². The van der Waals surface area contributed by atoms with Crippen molar-refractivity contribution in [2.45, 2.75) is 25.8 Å². The zero-order chi connectivity index (χ0) is 13.0. The summed E-state index contributed by atoms with van der Waals surface area (Å²) >= 11 is 0. The van der Waals surface area contributed by atoms with E-state index in [0.29, 0.717) is 12.0 Å². The lowest BCUT2D eigenvalue weighted by atomic mass is 9.93. The maximum atomic E-state index is 10.7. The molecule has 2 rings (SSSR count). The molecule has 0 bridgehead atoms. The molecule has 18 heavy (non-hydrogen) atoms. The third kappa shape index (κ3) is 3.20. The van der Waals surface area contributed by atoms with E-state index in [2.05, 4.69) is 12.2 Å². The third-order valence-corrected chi connectivity index (χ3v) is 3.42. The molecule has 1 heterocycles. The topological polar surface area (TPSA) is 64.4 Å². The van der Waals surface area contributed by atoms with Gasteiger partial charge in [0.25, 0.3) is 5.69 Å². The summed E-state index contributed by atoms with van der Waals surface area (Å²) in [4.78, 5) is 10.3. The Morgan fingerprint density at radius 3 is 2.83 bits per heavy atom. The zero-order valence-electron chi connectivity index (χ0n) is 10.5. The van der Waals surface area contributed by atoms with Crippen molar-refractivity contribution in [3.05, 3.63) is 34.4 Å². The van der Waals surface area contributed by atoms with Crippen LogP contribution in [0.4, 0.5) is 11.4 Å². The highest BCUT2D eigenvalue weighted by Gasteiger charge is 2.20. The van der Waals surface area contributed by atoms with Crippen molar-refractivity contribution in [2.75, 3.05) is 18.5 Å². The van der Waals surface area contributed by atoms with Crippen LogP contribution >= 0.6 is 0 Å². The summed E-state index contributed by atoms with van der Waals surface area (Å²) in [6.45, 7) is 3.74. The first-order valence-corrected chi connectivity index (χ1v) is 6.25. The van der Waals surface area contributed by atoms with Crippen LogP contribution in [0.5, 0.6) is 0 Å². The predicted molar refractivity (Wildman–Crippen MR) is 69.7 cm³/mol. The third-order valence-electron chi connectivity index (χ3n) is 3.42. The van der Waals surface area contributed by atoms with Gasteiger partial charge in [0, 0.05) is 37.1 Å². The van der Waals surface area contributed by atoms with E-state index in [4.69, 9.17) is 4.74 Å². The van der Waals surface area contributed by atoms with Crippen LogP contribution < -0.4 is 5.32 Å². The zero-order valence-corrected chi connectivity index (χ0v) is 10.5. The lowest BCUT2D eigenvalue weighted by Gasteiger charge is -2.29. The molecule has 1 fully saturated rings. The number of ether oxygens (including phenoxy) is 1. The average Bonchev–Trinajstić information content (AvgIpc) is 2.40. The maximum absolute atomic E-state index is 10.7. The first kappa shape index (κ1) is 12.8. The highest BCUT2D eigenvalue weighted by Crippen LogP contribution is 2.23. The van der Waals surface area contributed by atoms with E-state index in [1.807, 2.05) is 6.07 Å². The minimum atomic E-state index is -0.371. The van der Waals surface area contributed by atoms with E-state index in [-0.39, 0.29) is 10.6 Å². The van der Waals surface area contributed by atoms with Gasteiger partial charge in [0.1, 0.15) is 0 Å². The lowest BCUT2D eigenvalue weighted by molar-refractivity contribution is -0.384. The quantitative estimate of drug-likeness (QED) is 0.659. The fourth-order valence-corrected chi connectivity index (χ4v) is 2.31. The van der Waals surface area contributed by atoms with Gasteiger partial charge in [-0.1, -0.05) is 6.07 Å². The van der Waals surface area contributed by atoms with Crippen LogP contribution in [0.1, 0.15) is 19.8 Å². The summed E-state index contributed by atoms with van der Waals surface area (Å²) in [5.74, 6) is 0.568. The van der Waals surface area contributed by atoms with Crippen LogP contribution in [-0.4, -0.2) is 24.2 Å². The van der Waals surface area contributed by atoms with Gasteiger partial charge in [-0.3, -0.25) is 10.1 Å². The molecule has 1 unspecified atom stereocenters. The van der Waals surface area contributed by atoms with E-state index >= 15 is 0 Å². The second kappa shape index (κ2) is 5.82. The molecule has 1 aromatic rings. The number of benzene rings is 1. The van der Waals surface area contributed by atoms with Crippen LogP contribution in [0.3, 0.4) is 0 Å². The van der Waals surface area contributed by atoms with Crippen molar-refractivity contribution >= 4 is 11.4 Å².